The topological polar surface area (TPSA) is 58.4 Å². The van der Waals surface area contributed by atoms with Gasteiger partial charge in [0.05, 0.1) is 6.42 Å². The number of rotatable bonds is 6. The first-order chi connectivity index (χ1) is 10.5. The number of carbonyl (C=O) groups is 1. The fraction of sp³-hybridized carbons (Fsp3) is 0.278. The number of amides is 1. The molecule has 0 bridgehead atoms. The van der Waals surface area contributed by atoms with Gasteiger partial charge in [0.1, 0.15) is 0 Å². The summed E-state index contributed by atoms with van der Waals surface area (Å²) in [4.78, 5) is 14.2. The Labute approximate surface area is 156 Å². The highest BCUT2D eigenvalue weighted by Crippen LogP contribution is 2.11. The van der Waals surface area contributed by atoms with Crippen LogP contribution < -0.4 is 11.1 Å². The van der Waals surface area contributed by atoms with E-state index in [1.165, 1.54) is 5.56 Å². The van der Waals surface area contributed by atoms with Gasteiger partial charge in [-0.2, -0.15) is 0 Å². The number of hydrogen-bond acceptors (Lipinski definition) is 3. The van der Waals surface area contributed by atoms with Gasteiger partial charge in [-0.1, -0.05) is 36.4 Å². The molecule has 0 saturated carbocycles. The highest BCUT2D eigenvalue weighted by atomic mass is 35.5. The van der Waals surface area contributed by atoms with E-state index in [2.05, 4.69) is 22.3 Å². The van der Waals surface area contributed by atoms with E-state index in [0.29, 0.717) is 18.7 Å². The van der Waals surface area contributed by atoms with Crippen molar-refractivity contribution in [2.24, 2.45) is 0 Å². The molecule has 132 valence electrons. The van der Waals surface area contributed by atoms with Crippen LogP contribution in [0.1, 0.15) is 16.7 Å². The number of nitrogen functional groups attached to an aromatic ring is 1. The number of nitrogens with zero attached hydrogens (tertiary/aromatic N) is 1. The summed E-state index contributed by atoms with van der Waals surface area (Å²) in [5, 5.41) is 2.99. The normalized spacial score (nSPS) is 9.79. The average Bonchev–Trinajstić information content (AvgIpc) is 2.48. The molecule has 0 saturated heterocycles. The van der Waals surface area contributed by atoms with Crippen molar-refractivity contribution in [1.82, 2.24) is 10.2 Å². The van der Waals surface area contributed by atoms with E-state index in [4.69, 9.17) is 5.73 Å². The smallest absolute Gasteiger partial charge is 0.224 e. The Bertz CT molecular complexity index is 630. The van der Waals surface area contributed by atoms with Crippen molar-refractivity contribution >= 4 is 36.4 Å². The molecular formula is C18H25Cl2N3O. The Hall–Kier alpha value is -1.75. The zero-order valence-corrected chi connectivity index (χ0v) is 15.6. The molecular weight excluding hydrogens is 345 g/mol. The minimum absolute atomic E-state index is 0. The molecule has 0 aliphatic heterocycles. The van der Waals surface area contributed by atoms with Crippen LogP contribution in [0.15, 0.2) is 48.5 Å². The van der Waals surface area contributed by atoms with E-state index < -0.39 is 0 Å². The van der Waals surface area contributed by atoms with Crippen LogP contribution >= 0.6 is 24.8 Å². The summed E-state index contributed by atoms with van der Waals surface area (Å²) in [5.74, 6) is 0.0180. The highest BCUT2D eigenvalue weighted by molar-refractivity contribution is 5.85. The molecule has 0 atom stereocenters. The van der Waals surface area contributed by atoms with Crippen LogP contribution in [0.2, 0.25) is 0 Å². The molecule has 2 aromatic carbocycles. The maximum Gasteiger partial charge on any atom is 0.224 e. The number of benzene rings is 2. The summed E-state index contributed by atoms with van der Waals surface area (Å²) >= 11 is 0. The molecule has 0 spiro atoms. The number of carbonyl (C=O) groups excluding carboxylic acids is 1. The molecule has 0 fully saturated rings. The van der Waals surface area contributed by atoms with Crippen LogP contribution in [0, 0.1) is 0 Å². The number of nitrogens with two attached hydrogens (primary N) is 1. The van der Waals surface area contributed by atoms with E-state index in [-0.39, 0.29) is 30.7 Å². The summed E-state index contributed by atoms with van der Waals surface area (Å²) < 4.78 is 0. The molecule has 0 unspecified atom stereocenters. The molecule has 1 amide bonds. The van der Waals surface area contributed by atoms with Crippen LogP contribution in [0.5, 0.6) is 0 Å². The Morgan fingerprint density at radius 1 is 1.00 bits per heavy atom. The third-order valence-corrected chi connectivity index (χ3v) is 3.43. The molecule has 0 aromatic heterocycles. The van der Waals surface area contributed by atoms with Crippen molar-refractivity contribution < 1.29 is 4.79 Å². The predicted octanol–water partition coefficient (Wildman–Crippen LogP) is 3.03. The van der Waals surface area contributed by atoms with Gasteiger partial charge in [-0.05, 0) is 42.9 Å². The highest BCUT2D eigenvalue weighted by Gasteiger charge is 2.06. The zero-order valence-electron chi connectivity index (χ0n) is 14.0. The summed E-state index contributed by atoms with van der Waals surface area (Å²) in [5.41, 5.74) is 9.71. The van der Waals surface area contributed by atoms with Crippen molar-refractivity contribution in [2.45, 2.75) is 19.5 Å². The maximum absolute atomic E-state index is 12.1. The second-order valence-corrected chi connectivity index (χ2v) is 5.70. The SMILES string of the molecule is CN(C)Cc1ccccc1CNC(=O)Cc1ccc(N)cc1.Cl.Cl. The van der Waals surface area contributed by atoms with Crippen LogP contribution in [0.4, 0.5) is 5.69 Å². The average molecular weight is 370 g/mol. The first kappa shape index (κ1) is 22.2. The quantitative estimate of drug-likeness (QED) is 0.769. The van der Waals surface area contributed by atoms with Crippen molar-refractivity contribution in [2.75, 3.05) is 19.8 Å². The standard InChI is InChI=1S/C18H23N3O.2ClH/c1-21(2)13-16-6-4-3-5-15(16)12-20-18(22)11-14-7-9-17(19)10-8-14;;/h3-10H,11-13,19H2,1-2H3,(H,20,22);2*1H. The minimum Gasteiger partial charge on any atom is -0.399 e. The van der Waals surface area contributed by atoms with E-state index in [1.54, 1.807) is 0 Å². The third-order valence-electron chi connectivity index (χ3n) is 3.43. The van der Waals surface area contributed by atoms with Crippen LogP contribution in [-0.2, 0) is 24.3 Å². The lowest BCUT2D eigenvalue weighted by molar-refractivity contribution is -0.120. The lowest BCUT2D eigenvalue weighted by atomic mass is 10.1. The molecule has 2 rings (SSSR count). The molecule has 0 aliphatic carbocycles. The molecule has 3 N–H and O–H groups in total. The summed E-state index contributed by atoms with van der Waals surface area (Å²) in [7, 11) is 4.08. The lowest BCUT2D eigenvalue weighted by Gasteiger charge is -2.14. The molecule has 2 aromatic rings. The second kappa shape index (κ2) is 10.9. The van der Waals surface area contributed by atoms with E-state index >= 15 is 0 Å². The minimum atomic E-state index is 0. The van der Waals surface area contributed by atoms with Crippen molar-refractivity contribution in [3.63, 3.8) is 0 Å². The first-order valence-electron chi connectivity index (χ1n) is 7.37. The number of hydrogen-bond donors (Lipinski definition) is 2. The fourth-order valence-corrected chi connectivity index (χ4v) is 2.30. The number of halogens is 2. The molecule has 24 heavy (non-hydrogen) atoms. The molecule has 0 aliphatic rings. The largest absolute Gasteiger partial charge is 0.399 e. The van der Waals surface area contributed by atoms with Crippen molar-refractivity contribution in [3.05, 3.63) is 65.2 Å². The van der Waals surface area contributed by atoms with Gasteiger partial charge in [0, 0.05) is 18.8 Å². The monoisotopic (exact) mass is 369 g/mol. The molecule has 0 heterocycles. The van der Waals surface area contributed by atoms with Crippen molar-refractivity contribution in [3.8, 4) is 0 Å². The van der Waals surface area contributed by atoms with Gasteiger partial charge >= 0.3 is 0 Å². The molecule has 6 heteroatoms. The Balaban J connectivity index is 0.00000264. The molecule has 0 radical (unpaired) electrons. The first-order valence-corrected chi connectivity index (χ1v) is 7.37. The molecule has 4 nitrogen and oxygen atoms in total. The summed E-state index contributed by atoms with van der Waals surface area (Å²) in [6.45, 7) is 1.42. The van der Waals surface area contributed by atoms with Gasteiger partial charge in [0.15, 0.2) is 0 Å². The fourth-order valence-electron chi connectivity index (χ4n) is 2.30. The van der Waals surface area contributed by atoms with Crippen LogP contribution in [0.25, 0.3) is 0 Å². The van der Waals surface area contributed by atoms with E-state index in [9.17, 15) is 4.79 Å². The summed E-state index contributed by atoms with van der Waals surface area (Å²) in [6.07, 6.45) is 0.371. The van der Waals surface area contributed by atoms with Gasteiger partial charge in [-0.25, -0.2) is 0 Å². The van der Waals surface area contributed by atoms with Gasteiger partial charge in [-0.3, -0.25) is 4.79 Å². The van der Waals surface area contributed by atoms with Crippen LogP contribution in [0.3, 0.4) is 0 Å². The summed E-state index contributed by atoms with van der Waals surface area (Å²) in [6, 6.07) is 15.6. The van der Waals surface area contributed by atoms with Gasteiger partial charge in [0.2, 0.25) is 5.91 Å². The lowest BCUT2D eigenvalue weighted by Crippen LogP contribution is -2.25. The Kier molecular flexibility index (Phi) is 10.1. The van der Waals surface area contributed by atoms with Crippen LogP contribution in [-0.4, -0.2) is 24.9 Å². The Morgan fingerprint density at radius 2 is 1.58 bits per heavy atom. The van der Waals surface area contributed by atoms with E-state index in [1.807, 2.05) is 50.5 Å². The third kappa shape index (κ3) is 7.21. The van der Waals surface area contributed by atoms with Crippen molar-refractivity contribution in [1.29, 1.82) is 0 Å². The number of nitrogens with one attached hydrogen (secondary N) is 1. The predicted molar refractivity (Wildman–Crippen MR) is 105 cm³/mol. The second-order valence-electron chi connectivity index (χ2n) is 5.70. The number of anilines is 1. The Morgan fingerprint density at radius 3 is 2.17 bits per heavy atom. The van der Waals surface area contributed by atoms with E-state index in [0.717, 1.165) is 17.7 Å². The van der Waals surface area contributed by atoms with Gasteiger partial charge in [0.25, 0.3) is 0 Å². The zero-order chi connectivity index (χ0) is 15.9. The van der Waals surface area contributed by atoms with Gasteiger partial charge < -0.3 is 16.0 Å². The van der Waals surface area contributed by atoms with Gasteiger partial charge in [-0.15, -0.1) is 24.8 Å². The maximum atomic E-state index is 12.1.